The molecule has 2 heterocycles. The van der Waals surface area contributed by atoms with Crippen molar-refractivity contribution in [3.8, 4) is 17.6 Å². The van der Waals surface area contributed by atoms with Crippen LogP contribution in [-0.4, -0.2) is 80.4 Å². The van der Waals surface area contributed by atoms with Crippen molar-refractivity contribution >= 4 is 16.8 Å². The monoisotopic (exact) mass is 862 g/mol. The van der Waals surface area contributed by atoms with Gasteiger partial charge in [-0.15, -0.1) is 0 Å². The van der Waals surface area contributed by atoms with Crippen LogP contribution in [0.2, 0.25) is 18.1 Å². The van der Waals surface area contributed by atoms with Gasteiger partial charge in [0.2, 0.25) is 0 Å². The van der Waals surface area contributed by atoms with Gasteiger partial charge in [-0.1, -0.05) is 75.4 Å². The number of rotatable bonds is 19. The Balaban J connectivity index is 1.73. The summed E-state index contributed by atoms with van der Waals surface area (Å²) in [6.45, 7) is 19.1. The zero-order chi connectivity index (χ0) is 43.8. The molecule has 0 radical (unpaired) electrons. The van der Waals surface area contributed by atoms with E-state index in [0.717, 1.165) is 16.7 Å². The minimum absolute atomic E-state index is 0.00321. The smallest absolute Gasteiger partial charge is 0.330 e. The quantitative estimate of drug-likeness (QED) is 0.0318. The Kier molecular flexibility index (Phi) is 15.7. The van der Waals surface area contributed by atoms with Gasteiger partial charge in [-0.25, -0.2) is 9.46 Å². The van der Waals surface area contributed by atoms with Gasteiger partial charge in [0, 0.05) is 24.3 Å². The van der Waals surface area contributed by atoms with Crippen molar-refractivity contribution in [1.29, 1.82) is 5.26 Å². The molecule has 0 aliphatic carbocycles. The molecule has 1 unspecified atom stereocenters. The Morgan fingerprint density at radius 1 is 0.883 bits per heavy atom. The Morgan fingerprint density at radius 3 is 1.92 bits per heavy atom. The molecule has 60 heavy (non-hydrogen) atoms. The first-order valence-corrected chi connectivity index (χ1v) is 24.4. The molecule has 1 aliphatic heterocycles. The van der Waals surface area contributed by atoms with E-state index in [1.54, 1.807) is 14.2 Å². The minimum Gasteiger partial charge on any atom is -0.497 e. The van der Waals surface area contributed by atoms with E-state index in [0.29, 0.717) is 11.5 Å². The molecule has 1 aliphatic rings. The number of ether oxygens (including phenoxy) is 4. The van der Waals surface area contributed by atoms with Crippen LogP contribution in [0.1, 0.15) is 77.8 Å². The van der Waals surface area contributed by atoms with E-state index >= 15 is 0 Å². The number of H-pyrrole nitrogens is 1. The van der Waals surface area contributed by atoms with Crippen molar-refractivity contribution in [2.75, 3.05) is 27.4 Å². The van der Waals surface area contributed by atoms with Crippen LogP contribution in [0.25, 0.3) is 0 Å². The molecular formula is C45H61N4O9PSi. The fourth-order valence-electron chi connectivity index (χ4n) is 7.14. The average molecular weight is 863 g/mol. The molecule has 4 aromatic rings. The number of nitrogens with one attached hydrogen (secondary N) is 1. The van der Waals surface area contributed by atoms with Crippen molar-refractivity contribution in [2.24, 2.45) is 0 Å². The molecule has 5 atom stereocenters. The second-order valence-electron chi connectivity index (χ2n) is 16.9. The van der Waals surface area contributed by atoms with E-state index in [9.17, 15) is 14.9 Å². The fourth-order valence-corrected chi connectivity index (χ4v) is 10.2. The molecule has 15 heteroatoms. The number of methoxy groups -OCH3 is 2. The zero-order valence-electron chi connectivity index (χ0n) is 36.7. The number of aromatic nitrogens is 2. The maximum absolute atomic E-state index is 13.6. The molecule has 0 saturated carbocycles. The third-order valence-corrected chi connectivity index (χ3v) is 17.8. The van der Waals surface area contributed by atoms with Crippen molar-refractivity contribution < 1.29 is 32.4 Å². The van der Waals surface area contributed by atoms with Crippen LogP contribution >= 0.6 is 8.53 Å². The van der Waals surface area contributed by atoms with Crippen LogP contribution in [0.15, 0.2) is 101 Å². The Bertz CT molecular complexity index is 2080. The van der Waals surface area contributed by atoms with Crippen LogP contribution in [0, 0.1) is 11.3 Å². The molecule has 324 valence electrons. The van der Waals surface area contributed by atoms with E-state index in [4.69, 9.17) is 32.4 Å². The lowest BCUT2D eigenvalue weighted by Crippen LogP contribution is -2.50. The first kappa shape index (κ1) is 46.9. The Labute approximate surface area is 356 Å². The van der Waals surface area contributed by atoms with Crippen LogP contribution in [0.5, 0.6) is 11.5 Å². The van der Waals surface area contributed by atoms with Crippen LogP contribution in [0.3, 0.4) is 0 Å². The summed E-state index contributed by atoms with van der Waals surface area (Å²) >= 11 is 0. The maximum atomic E-state index is 13.6. The van der Waals surface area contributed by atoms with Crippen molar-refractivity contribution in [1.82, 2.24) is 14.2 Å². The van der Waals surface area contributed by atoms with Crippen LogP contribution in [-0.2, 0) is 28.5 Å². The van der Waals surface area contributed by atoms with Crippen LogP contribution in [0.4, 0.5) is 0 Å². The van der Waals surface area contributed by atoms with Gasteiger partial charge >= 0.3 is 5.69 Å². The maximum Gasteiger partial charge on any atom is 0.330 e. The summed E-state index contributed by atoms with van der Waals surface area (Å²) in [5.74, 6) is 1.37. The first-order chi connectivity index (χ1) is 28.5. The number of aromatic amines is 1. The van der Waals surface area contributed by atoms with Gasteiger partial charge in [0.1, 0.15) is 35.4 Å². The van der Waals surface area contributed by atoms with Gasteiger partial charge < -0.3 is 32.4 Å². The van der Waals surface area contributed by atoms with Gasteiger partial charge in [0.25, 0.3) is 14.1 Å². The molecule has 1 aromatic heterocycles. The van der Waals surface area contributed by atoms with Crippen molar-refractivity contribution in [2.45, 2.75) is 115 Å². The Morgan fingerprint density at radius 2 is 1.43 bits per heavy atom. The predicted octanol–water partition coefficient (Wildman–Crippen LogP) is 8.51. The SMILES string of the molecule is COc1ccc(C(OC[C@H]2O[C@@H](n3ccc(=O)[nH]c3=O)[C@H]([18O][Si](C)(C)C(C)(C)C)[C@@H]2OP(OCCC#N)N(C(C)C)C(C)C)(c2ccccc2)c2ccc(OC)cc2)cc1. The Hall–Kier alpha value is -4.16. The highest BCUT2D eigenvalue weighted by Crippen LogP contribution is 2.52. The third-order valence-electron chi connectivity index (χ3n) is 11.2. The summed E-state index contributed by atoms with van der Waals surface area (Å²) in [6.07, 6.45) is -2.01. The molecule has 0 amide bonds. The molecule has 1 saturated heterocycles. The van der Waals surface area contributed by atoms with E-state index in [1.807, 2.05) is 78.9 Å². The minimum atomic E-state index is -2.64. The van der Waals surface area contributed by atoms with Gasteiger partial charge in [-0.3, -0.25) is 14.3 Å². The highest BCUT2D eigenvalue weighted by atomic mass is 31.2. The summed E-state index contributed by atoms with van der Waals surface area (Å²) in [5, 5.41) is 9.26. The normalized spacial score (nSPS) is 19.1. The number of nitrogens with zero attached hydrogens (tertiary/aromatic N) is 3. The first-order valence-electron chi connectivity index (χ1n) is 20.4. The van der Waals surface area contributed by atoms with Crippen LogP contribution < -0.4 is 20.7 Å². The van der Waals surface area contributed by atoms with Gasteiger partial charge in [0.05, 0.1) is 39.9 Å². The topological polar surface area (TPSA) is 147 Å². The molecule has 13 nitrogen and oxygen atoms in total. The standard InChI is InChI=1S/C45H61N4O9PSi/c1-31(2)49(32(3)4)59(55-29-15-27-46)57-40-38(56-42(48-28-26-39(50)47-43(48)51)41(40)58-60(10,11)44(5,6)7)30-54-45(33-16-13-12-14-17-33,34-18-22-36(52-8)23-19-34)35-20-24-37(53-9)25-21-35/h12-14,16-26,28,31-32,38,40-42H,15,29-30H2,1-11H3,(H,47,50,51)/t38-,40-,41-,42-,59?/m1/s1/i58+2. The van der Waals surface area contributed by atoms with E-state index in [1.165, 1.54) is 16.8 Å². The number of nitriles is 1. The largest absolute Gasteiger partial charge is 0.497 e. The highest BCUT2D eigenvalue weighted by Gasteiger charge is 2.54. The number of hydrogen-bond donors (Lipinski definition) is 1. The molecule has 0 spiro atoms. The number of hydrogen-bond acceptors (Lipinski definition) is 11. The lowest BCUT2D eigenvalue weighted by Gasteiger charge is -2.42. The molecular weight excluding hydrogens is 802 g/mol. The third kappa shape index (κ3) is 10.5. The molecule has 5 rings (SSSR count). The van der Waals surface area contributed by atoms with E-state index in [2.05, 4.69) is 77.3 Å². The lowest BCUT2D eigenvalue weighted by atomic mass is 9.80. The molecule has 1 N–H and O–H groups in total. The fraction of sp³-hybridized carbons (Fsp3) is 0.489. The molecule has 1 fully saturated rings. The van der Waals surface area contributed by atoms with Gasteiger partial charge in [-0.2, -0.15) is 5.26 Å². The highest BCUT2D eigenvalue weighted by molar-refractivity contribution is 7.44. The van der Waals surface area contributed by atoms with Crippen molar-refractivity contribution in [3.63, 3.8) is 0 Å². The summed E-state index contributed by atoms with van der Waals surface area (Å²) in [5.41, 5.74) is 0.119. The predicted molar refractivity (Wildman–Crippen MR) is 236 cm³/mol. The van der Waals surface area contributed by atoms with E-state index < -0.39 is 58.2 Å². The summed E-state index contributed by atoms with van der Waals surface area (Å²) in [7, 11) is -1.20. The average Bonchev–Trinajstić information content (AvgIpc) is 3.53. The van der Waals surface area contributed by atoms with Gasteiger partial charge in [-0.05, 0) is 86.8 Å². The summed E-state index contributed by atoms with van der Waals surface area (Å²) < 4.78 is 50.0. The summed E-state index contributed by atoms with van der Waals surface area (Å²) in [4.78, 5) is 28.4. The molecule has 0 bridgehead atoms. The second-order valence-corrected chi connectivity index (χ2v) is 23.0. The zero-order valence-corrected chi connectivity index (χ0v) is 38.6. The van der Waals surface area contributed by atoms with Gasteiger partial charge in [0.15, 0.2) is 14.5 Å². The van der Waals surface area contributed by atoms with E-state index in [-0.39, 0.29) is 36.8 Å². The number of benzene rings is 3. The summed E-state index contributed by atoms with van der Waals surface area (Å²) in [6, 6.07) is 29.0. The lowest BCUT2D eigenvalue weighted by molar-refractivity contribution is -0.0943. The van der Waals surface area contributed by atoms with Crippen molar-refractivity contribution in [3.05, 3.63) is 129 Å². The second kappa shape index (κ2) is 20.1. The molecule has 3 aromatic carbocycles.